The third-order valence-corrected chi connectivity index (χ3v) is 7.45. The Labute approximate surface area is 200 Å². The fraction of sp³-hybridized carbons (Fsp3) is 0.312. The summed E-state index contributed by atoms with van der Waals surface area (Å²) in [6.45, 7) is 2.28. The van der Waals surface area contributed by atoms with E-state index in [0.29, 0.717) is 0 Å². The topological polar surface area (TPSA) is 26.3 Å². The molecule has 2 aromatic heterocycles. The minimum atomic E-state index is 0.941. The van der Waals surface area contributed by atoms with Crippen LogP contribution in [0.3, 0.4) is 0 Å². The van der Waals surface area contributed by atoms with E-state index in [0.717, 1.165) is 23.3 Å². The third-order valence-electron chi connectivity index (χ3n) is 7.45. The molecular weight excluding hydrogens is 416 g/mol. The molecule has 0 unspecified atom stereocenters. The second-order valence-corrected chi connectivity index (χ2v) is 9.73. The Kier molecular flexibility index (Phi) is 5.74. The highest BCUT2D eigenvalue weighted by Gasteiger charge is 2.12. The van der Waals surface area contributed by atoms with Crippen LogP contribution < -0.4 is 0 Å². The fourth-order valence-corrected chi connectivity index (χ4v) is 5.62. The molecule has 0 spiro atoms. The van der Waals surface area contributed by atoms with Gasteiger partial charge in [-0.05, 0) is 63.0 Å². The van der Waals surface area contributed by atoms with E-state index in [1.165, 1.54) is 94.5 Å². The van der Waals surface area contributed by atoms with Crippen LogP contribution >= 0.6 is 0 Å². The van der Waals surface area contributed by atoms with Gasteiger partial charge in [-0.25, -0.2) is 0 Å². The van der Waals surface area contributed by atoms with Crippen molar-refractivity contribution in [3.63, 3.8) is 0 Å². The highest BCUT2D eigenvalue weighted by Crippen LogP contribution is 2.37. The van der Waals surface area contributed by atoms with E-state index in [1.807, 2.05) is 0 Å². The Morgan fingerprint density at radius 1 is 0.500 bits per heavy atom. The molecule has 172 valence electrons. The maximum absolute atomic E-state index is 6.25. The molecule has 2 heteroatoms. The van der Waals surface area contributed by atoms with Crippen molar-refractivity contribution in [1.82, 2.24) is 0 Å². The molecule has 0 fully saturated rings. The molecule has 0 saturated carbocycles. The molecule has 0 atom stereocenters. The predicted molar refractivity (Wildman–Crippen MR) is 145 cm³/mol. The van der Waals surface area contributed by atoms with E-state index in [9.17, 15) is 0 Å². The van der Waals surface area contributed by atoms with Crippen LogP contribution in [-0.2, 0) is 6.42 Å². The molecule has 0 aliphatic carbocycles. The summed E-state index contributed by atoms with van der Waals surface area (Å²) in [7, 11) is 0. The lowest BCUT2D eigenvalue weighted by Crippen LogP contribution is -1.84. The van der Waals surface area contributed by atoms with E-state index in [-0.39, 0.29) is 0 Å². The molecule has 0 aliphatic heterocycles. The summed E-state index contributed by atoms with van der Waals surface area (Å²) >= 11 is 0. The van der Waals surface area contributed by atoms with Gasteiger partial charge in [0.25, 0.3) is 0 Å². The van der Waals surface area contributed by atoms with Crippen molar-refractivity contribution in [1.29, 1.82) is 0 Å². The van der Waals surface area contributed by atoms with Crippen molar-refractivity contribution in [3.05, 3.63) is 72.7 Å². The zero-order chi connectivity index (χ0) is 22.9. The van der Waals surface area contributed by atoms with Crippen LogP contribution in [0.4, 0.5) is 0 Å². The predicted octanol–water partition coefficient (Wildman–Crippen LogP) is 10.3. The molecule has 6 aromatic rings. The van der Waals surface area contributed by atoms with Gasteiger partial charge in [-0.1, -0.05) is 88.3 Å². The van der Waals surface area contributed by atoms with E-state index in [2.05, 4.69) is 67.6 Å². The molecule has 34 heavy (non-hydrogen) atoms. The quantitative estimate of drug-likeness (QED) is 0.162. The summed E-state index contributed by atoms with van der Waals surface area (Å²) < 4.78 is 11.9. The summed E-state index contributed by atoms with van der Waals surface area (Å²) in [6.07, 6.45) is 13.5. The monoisotopic (exact) mass is 448 g/mol. The molecular formula is C32H32O2. The van der Waals surface area contributed by atoms with Crippen molar-refractivity contribution in [2.45, 2.75) is 64.7 Å². The van der Waals surface area contributed by atoms with Crippen LogP contribution in [0.1, 0.15) is 64.1 Å². The Balaban J connectivity index is 1.28. The lowest BCUT2D eigenvalue weighted by Gasteiger charge is -2.08. The molecule has 0 saturated heterocycles. The number of rotatable bonds is 9. The third kappa shape index (κ3) is 3.76. The smallest absolute Gasteiger partial charge is 0.134 e. The van der Waals surface area contributed by atoms with Gasteiger partial charge in [-0.15, -0.1) is 0 Å². The number of benzene rings is 4. The summed E-state index contributed by atoms with van der Waals surface area (Å²) in [6, 6.07) is 22.0. The van der Waals surface area contributed by atoms with Crippen molar-refractivity contribution in [2.24, 2.45) is 0 Å². The lowest BCUT2D eigenvalue weighted by atomic mass is 9.95. The number of hydrogen-bond acceptors (Lipinski definition) is 2. The molecule has 0 radical (unpaired) electrons. The van der Waals surface area contributed by atoms with Crippen LogP contribution in [0.15, 0.2) is 75.8 Å². The molecule has 0 N–H and O–H groups in total. The second-order valence-electron chi connectivity index (χ2n) is 9.73. The average molecular weight is 449 g/mol. The number of hydrogen-bond donors (Lipinski definition) is 0. The normalized spacial score (nSPS) is 12.1. The van der Waals surface area contributed by atoms with Gasteiger partial charge in [0.05, 0.1) is 6.26 Å². The minimum Gasteiger partial charge on any atom is -0.464 e. The van der Waals surface area contributed by atoms with Crippen LogP contribution in [0.25, 0.3) is 54.3 Å². The maximum atomic E-state index is 6.25. The Morgan fingerprint density at radius 3 is 1.71 bits per heavy atom. The highest BCUT2D eigenvalue weighted by atomic mass is 16.3. The van der Waals surface area contributed by atoms with Crippen LogP contribution in [-0.4, -0.2) is 0 Å². The highest BCUT2D eigenvalue weighted by molar-refractivity contribution is 6.24. The number of unbranched alkanes of at least 4 members (excludes halogenated alkanes) is 7. The second kappa shape index (κ2) is 9.18. The maximum Gasteiger partial charge on any atom is 0.134 e. The number of furan rings is 2. The van der Waals surface area contributed by atoms with Gasteiger partial charge in [0.15, 0.2) is 0 Å². The van der Waals surface area contributed by atoms with Gasteiger partial charge < -0.3 is 8.83 Å². The first-order chi connectivity index (χ1) is 16.8. The van der Waals surface area contributed by atoms with Gasteiger partial charge in [-0.3, -0.25) is 0 Å². The van der Waals surface area contributed by atoms with Crippen molar-refractivity contribution >= 4 is 54.3 Å². The molecule has 0 bridgehead atoms. The van der Waals surface area contributed by atoms with E-state index in [4.69, 9.17) is 8.83 Å². The van der Waals surface area contributed by atoms with Crippen LogP contribution in [0.5, 0.6) is 0 Å². The number of aryl methyl sites for hydroxylation is 1. The number of fused-ring (bicyclic) bond motifs is 9. The van der Waals surface area contributed by atoms with E-state index < -0.39 is 0 Å². The van der Waals surface area contributed by atoms with Crippen LogP contribution in [0, 0.1) is 0 Å². The standard InChI is InChI=1S/C32H32O2/c1-2-3-4-5-6-7-8-9-10-22-21-30-28-14-12-23-24(26(28)16-18-32(30)34-22)11-13-27-25(23)15-17-31-29(27)19-20-33-31/h11-21H,2-10H2,1H3. The zero-order valence-corrected chi connectivity index (χ0v) is 20.0. The molecule has 0 aliphatic rings. The first-order valence-electron chi connectivity index (χ1n) is 13.0. The first kappa shape index (κ1) is 21.3. The fourth-order valence-electron chi connectivity index (χ4n) is 5.62. The lowest BCUT2D eigenvalue weighted by molar-refractivity contribution is 0.518. The summed E-state index contributed by atoms with van der Waals surface area (Å²) in [5.74, 6) is 1.12. The Hall–Kier alpha value is -3.26. The molecule has 2 heterocycles. The molecule has 6 rings (SSSR count). The minimum absolute atomic E-state index is 0.941. The summed E-state index contributed by atoms with van der Waals surface area (Å²) in [5.41, 5.74) is 1.94. The Morgan fingerprint density at radius 2 is 1.03 bits per heavy atom. The summed E-state index contributed by atoms with van der Waals surface area (Å²) in [4.78, 5) is 0. The van der Waals surface area contributed by atoms with Gasteiger partial charge >= 0.3 is 0 Å². The van der Waals surface area contributed by atoms with Crippen molar-refractivity contribution in [2.75, 3.05) is 0 Å². The molecule has 4 aromatic carbocycles. The average Bonchev–Trinajstić information content (AvgIpc) is 3.52. The van der Waals surface area contributed by atoms with Gasteiger partial charge in [-0.2, -0.15) is 0 Å². The molecule has 2 nitrogen and oxygen atoms in total. The SMILES string of the molecule is CCCCCCCCCCc1cc2c(ccc3c2ccc2c4ccc5occc5c4ccc32)o1. The van der Waals surface area contributed by atoms with E-state index >= 15 is 0 Å². The molecule has 0 amide bonds. The van der Waals surface area contributed by atoms with Crippen molar-refractivity contribution < 1.29 is 8.83 Å². The van der Waals surface area contributed by atoms with Crippen molar-refractivity contribution in [3.8, 4) is 0 Å². The van der Waals surface area contributed by atoms with Gasteiger partial charge in [0, 0.05) is 17.2 Å². The summed E-state index contributed by atoms with van der Waals surface area (Å²) in [5, 5.41) is 10.1. The van der Waals surface area contributed by atoms with Gasteiger partial charge in [0.2, 0.25) is 0 Å². The Bertz CT molecular complexity index is 1600. The zero-order valence-electron chi connectivity index (χ0n) is 20.0. The van der Waals surface area contributed by atoms with Crippen LogP contribution in [0.2, 0.25) is 0 Å². The largest absolute Gasteiger partial charge is 0.464 e. The first-order valence-corrected chi connectivity index (χ1v) is 13.0. The van der Waals surface area contributed by atoms with Gasteiger partial charge in [0.1, 0.15) is 16.9 Å². The van der Waals surface area contributed by atoms with E-state index in [1.54, 1.807) is 6.26 Å².